The fourth-order valence-corrected chi connectivity index (χ4v) is 6.31. The van der Waals surface area contributed by atoms with Crippen molar-refractivity contribution in [2.45, 2.75) is 5.92 Å². The number of carbonyl (C=O) groups excluding carboxylic acids is 1. The van der Waals surface area contributed by atoms with Crippen LogP contribution in [0.15, 0.2) is 187 Å². The van der Waals surface area contributed by atoms with Crippen LogP contribution in [0, 0.1) is 11.8 Å². The SMILES string of the molecule is COc1ccc(C#CC2=C(c3ccccc3)OC(/C(=C\c3ccccc3)C(=O)c3ccccc3)=C(c3ccc(OC)cc3)C2c2ccccc2)cc1. The van der Waals surface area contributed by atoms with Gasteiger partial charge in [0.1, 0.15) is 23.0 Å². The van der Waals surface area contributed by atoms with E-state index in [1.54, 1.807) is 14.2 Å². The van der Waals surface area contributed by atoms with Gasteiger partial charge in [0.2, 0.25) is 0 Å². The van der Waals surface area contributed by atoms with Crippen molar-refractivity contribution in [3.63, 3.8) is 0 Å². The molecule has 0 saturated carbocycles. The zero-order valence-corrected chi connectivity index (χ0v) is 29.0. The predicted octanol–water partition coefficient (Wildman–Crippen LogP) is 10.7. The van der Waals surface area contributed by atoms with Crippen molar-refractivity contribution in [2.75, 3.05) is 14.2 Å². The van der Waals surface area contributed by atoms with Crippen molar-refractivity contribution in [1.82, 2.24) is 0 Å². The van der Waals surface area contributed by atoms with Crippen molar-refractivity contribution in [1.29, 1.82) is 0 Å². The van der Waals surface area contributed by atoms with Crippen LogP contribution in [0.1, 0.15) is 44.1 Å². The van der Waals surface area contributed by atoms with E-state index >= 15 is 0 Å². The summed E-state index contributed by atoms with van der Waals surface area (Å²) in [5.41, 5.74) is 7.01. The maximum atomic E-state index is 14.8. The zero-order chi connectivity index (χ0) is 35.7. The summed E-state index contributed by atoms with van der Waals surface area (Å²) in [6.45, 7) is 0. The molecule has 52 heavy (non-hydrogen) atoms. The van der Waals surface area contributed by atoms with Gasteiger partial charge >= 0.3 is 0 Å². The summed E-state index contributed by atoms with van der Waals surface area (Å²) < 4.78 is 18.1. The average Bonchev–Trinajstić information content (AvgIpc) is 3.23. The van der Waals surface area contributed by atoms with Crippen LogP contribution in [-0.2, 0) is 4.74 Å². The van der Waals surface area contributed by atoms with Crippen LogP contribution in [0.25, 0.3) is 17.4 Å². The number of Topliss-reactive ketones (excluding diaryl/α,β-unsaturated/α-hetero) is 1. The minimum atomic E-state index is -0.415. The standard InChI is InChI=1S/C48H36O4/c1-50-40-28-23-34(24-29-40)25-32-42-44(36-17-9-4-10-18-36)45(37-26-30-41(51-2)31-27-37)48(52-47(42)39-21-13-6-14-22-39)43(33-35-15-7-3-8-16-35)46(49)38-19-11-5-12-20-38/h3-24,26-31,33,44H,1-2H3/b43-33-. The maximum Gasteiger partial charge on any atom is 0.196 e. The van der Waals surface area contributed by atoms with E-state index in [-0.39, 0.29) is 5.78 Å². The fourth-order valence-electron chi connectivity index (χ4n) is 6.31. The van der Waals surface area contributed by atoms with E-state index in [9.17, 15) is 4.79 Å². The van der Waals surface area contributed by atoms with E-state index < -0.39 is 5.92 Å². The number of hydrogen-bond donors (Lipinski definition) is 0. The molecule has 0 N–H and O–H groups in total. The van der Waals surface area contributed by atoms with Crippen LogP contribution in [-0.4, -0.2) is 20.0 Å². The number of methoxy groups -OCH3 is 2. The Morgan fingerprint density at radius 1 is 0.596 bits per heavy atom. The van der Waals surface area contributed by atoms with Gasteiger partial charge in [-0.05, 0) is 59.2 Å². The molecule has 1 aliphatic rings. The molecular formula is C48H36O4. The van der Waals surface area contributed by atoms with Crippen molar-refractivity contribution in [3.05, 3.63) is 220 Å². The van der Waals surface area contributed by atoms with Gasteiger partial charge in [0, 0.05) is 28.2 Å². The molecule has 1 atom stereocenters. The first-order valence-electron chi connectivity index (χ1n) is 17.1. The Bertz CT molecular complexity index is 2310. The third-order valence-corrected chi connectivity index (χ3v) is 8.91. The summed E-state index contributed by atoms with van der Waals surface area (Å²) >= 11 is 0. The summed E-state index contributed by atoms with van der Waals surface area (Å²) in [5, 5.41) is 0. The lowest BCUT2D eigenvalue weighted by Crippen LogP contribution is -2.20. The number of benzene rings is 6. The highest BCUT2D eigenvalue weighted by molar-refractivity contribution is 6.16. The Balaban J connectivity index is 1.56. The van der Waals surface area contributed by atoms with Crippen molar-refractivity contribution in [3.8, 4) is 23.3 Å². The maximum absolute atomic E-state index is 14.8. The molecule has 0 amide bonds. The van der Waals surface area contributed by atoms with E-state index in [0.29, 0.717) is 22.7 Å². The summed E-state index contributed by atoms with van der Waals surface area (Å²) in [5.74, 6) is 8.94. The number of ether oxygens (including phenoxy) is 3. The molecule has 252 valence electrons. The Hall–Kier alpha value is -6.83. The molecule has 4 nitrogen and oxygen atoms in total. The molecule has 0 spiro atoms. The van der Waals surface area contributed by atoms with Gasteiger partial charge < -0.3 is 14.2 Å². The number of carbonyl (C=O) groups is 1. The van der Waals surface area contributed by atoms with E-state index in [2.05, 4.69) is 24.0 Å². The lowest BCUT2D eigenvalue weighted by atomic mass is 9.76. The fraction of sp³-hybridized carbons (Fsp3) is 0.0625. The molecule has 0 aromatic heterocycles. The van der Waals surface area contributed by atoms with Crippen molar-refractivity contribution in [2.24, 2.45) is 0 Å². The summed E-state index contributed by atoms with van der Waals surface area (Å²) in [6, 6.07) is 55.1. The van der Waals surface area contributed by atoms with E-state index in [1.165, 1.54) is 0 Å². The van der Waals surface area contributed by atoms with Gasteiger partial charge in [-0.25, -0.2) is 0 Å². The van der Waals surface area contributed by atoms with Crippen LogP contribution in [0.5, 0.6) is 11.5 Å². The minimum absolute atomic E-state index is 0.155. The summed E-state index contributed by atoms with van der Waals surface area (Å²) in [4.78, 5) is 14.8. The quantitative estimate of drug-likeness (QED) is 0.0869. The van der Waals surface area contributed by atoms with Crippen molar-refractivity contribution >= 4 is 23.2 Å². The molecule has 1 unspecified atom stereocenters. The predicted molar refractivity (Wildman–Crippen MR) is 209 cm³/mol. The Kier molecular flexibility index (Phi) is 10.2. The van der Waals surface area contributed by atoms with Crippen molar-refractivity contribution < 1.29 is 19.0 Å². The number of allylic oxidation sites excluding steroid dienone is 3. The topological polar surface area (TPSA) is 44.8 Å². The van der Waals surface area contributed by atoms with Crippen LogP contribution >= 0.6 is 0 Å². The number of hydrogen-bond acceptors (Lipinski definition) is 4. The first-order valence-corrected chi connectivity index (χ1v) is 17.1. The molecule has 0 bridgehead atoms. The molecule has 6 aromatic carbocycles. The van der Waals surface area contributed by atoms with Gasteiger partial charge in [0.15, 0.2) is 5.78 Å². The molecule has 1 heterocycles. The third-order valence-electron chi connectivity index (χ3n) is 8.91. The van der Waals surface area contributed by atoms with Crippen LogP contribution < -0.4 is 9.47 Å². The number of rotatable bonds is 9. The highest BCUT2D eigenvalue weighted by atomic mass is 16.5. The molecule has 0 radical (unpaired) electrons. The first-order chi connectivity index (χ1) is 25.6. The lowest BCUT2D eigenvalue weighted by Gasteiger charge is -2.33. The van der Waals surface area contributed by atoms with E-state index in [0.717, 1.165) is 50.5 Å². The lowest BCUT2D eigenvalue weighted by molar-refractivity contribution is 0.103. The smallest absolute Gasteiger partial charge is 0.196 e. The van der Waals surface area contributed by atoms with Crippen LogP contribution in [0.3, 0.4) is 0 Å². The molecule has 0 saturated heterocycles. The average molecular weight is 677 g/mol. The minimum Gasteiger partial charge on any atom is -0.497 e. The monoisotopic (exact) mass is 676 g/mol. The Morgan fingerprint density at radius 3 is 1.73 bits per heavy atom. The van der Waals surface area contributed by atoms with Crippen LogP contribution in [0.4, 0.5) is 0 Å². The highest BCUT2D eigenvalue weighted by Crippen LogP contribution is 2.50. The largest absolute Gasteiger partial charge is 0.497 e. The summed E-state index contributed by atoms with van der Waals surface area (Å²) in [6.07, 6.45) is 1.92. The second-order valence-electron chi connectivity index (χ2n) is 12.2. The van der Waals surface area contributed by atoms with E-state index in [1.807, 2.05) is 164 Å². The Labute approximate surface area is 305 Å². The first kappa shape index (κ1) is 33.7. The Morgan fingerprint density at radius 2 is 1.13 bits per heavy atom. The second-order valence-corrected chi connectivity index (χ2v) is 12.2. The van der Waals surface area contributed by atoms with Gasteiger partial charge in [-0.3, -0.25) is 4.79 Å². The molecular weight excluding hydrogens is 641 g/mol. The molecule has 6 aromatic rings. The van der Waals surface area contributed by atoms with Gasteiger partial charge in [-0.15, -0.1) is 0 Å². The molecule has 4 heteroatoms. The second kappa shape index (κ2) is 15.8. The number of ketones is 1. The van der Waals surface area contributed by atoms with Gasteiger partial charge in [0.05, 0.1) is 25.4 Å². The third kappa shape index (κ3) is 7.35. The molecule has 0 fully saturated rings. The normalized spacial score (nSPS) is 14.2. The molecule has 0 aliphatic carbocycles. The van der Waals surface area contributed by atoms with Gasteiger partial charge in [0.25, 0.3) is 0 Å². The highest BCUT2D eigenvalue weighted by Gasteiger charge is 2.37. The zero-order valence-electron chi connectivity index (χ0n) is 29.0. The summed E-state index contributed by atoms with van der Waals surface area (Å²) in [7, 11) is 3.30. The van der Waals surface area contributed by atoms with Crippen LogP contribution in [0.2, 0.25) is 0 Å². The molecule has 7 rings (SSSR count). The van der Waals surface area contributed by atoms with Gasteiger partial charge in [-0.1, -0.05) is 145 Å². The van der Waals surface area contributed by atoms with E-state index in [4.69, 9.17) is 14.2 Å². The molecule has 1 aliphatic heterocycles. The van der Waals surface area contributed by atoms with Gasteiger partial charge in [-0.2, -0.15) is 0 Å².